The highest BCUT2D eigenvalue weighted by molar-refractivity contribution is 5.21. The van der Waals surface area contributed by atoms with Crippen LogP contribution >= 0.6 is 0 Å². The van der Waals surface area contributed by atoms with Gasteiger partial charge in [-0.3, -0.25) is 0 Å². The number of hydrogen-bond acceptors (Lipinski definition) is 5. The maximum atomic E-state index is 13.6. The van der Waals surface area contributed by atoms with Gasteiger partial charge in [-0.05, 0) is 18.9 Å². The van der Waals surface area contributed by atoms with Gasteiger partial charge in [-0.15, -0.1) is 0 Å². The largest absolute Gasteiger partial charge is 0.387 e. The Balaban J connectivity index is 2.06. The number of hydrogen-bond donors (Lipinski definition) is 2. The fourth-order valence-electron chi connectivity index (χ4n) is 2.17. The molecule has 2 N–H and O–H groups in total. The Kier molecular flexibility index (Phi) is 5.20. The third kappa shape index (κ3) is 3.86. The van der Waals surface area contributed by atoms with Gasteiger partial charge in [0.2, 0.25) is 5.89 Å². The van der Waals surface area contributed by atoms with E-state index in [0.717, 1.165) is 12.1 Å². The molecule has 0 amide bonds. The Bertz CT molecular complexity index is 631. The summed E-state index contributed by atoms with van der Waals surface area (Å²) in [7, 11) is 0. The van der Waals surface area contributed by atoms with Crippen LogP contribution in [-0.2, 0) is 0 Å². The van der Waals surface area contributed by atoms with Crippen LogP contribution in [0.4, 0.5) is 8.78 Å². The highest BCUT2D eigenvalue weighted by Crippen LogP contribution is 2.22. The van der Waals surface area contributed by atoms with Crippen LogP contribution < -0.4 is 5.32 Å². The number of aryl methyl sites for hydroxylation is 1. The van der Waals surface area contributed by atoms with Gasteiger partial charge in [0.15, 0.2) is 5.82 Å². The molecule has 0 saturated carbocycles. The predicted molar refractivity (Wildman–Crippen MR) is 75.9 cm³/mol. The summed E-state index contributed by atoms with van der Waals surface area (Å²) in [6, 6.07) is 2.83. The smallest absolute Gasteiger partial charge is 0.244 e. The van der Waals surface area contributed by atoms with Crippen LogP contribution in [-0.4, -0.2) is 21.8 Å². The molecule has 0 bridgehead atoms. The average molecular weight is 311 g/mol. The zero-order valence-electron chi connectivity index (χ0n) is 12.7. The Hall–Kier alpha value is -1.86. The van der Waals surface area contributed by atoms with Crippen molar-refractivity contribution >= 4 is 0 Å². The van der Waals surface area contributed by atoms with Crippen LogP contribution in [0.25, 0.3) is 0 Å². The summed E-state index contributed by atoms with van der Waals surface area (Å²) in [6.45, 7) is 5.71. The van der Waals surface area contributed by atoms with E-state index in [1.165, 1.54) is 6.07 Å². The van der Waals surface area contributed by atoms with Crippen LogP contribution in [0.15, 0.2) is 22.7 Å². The van der Waals surface area contributed by atoms with Gasteiger partial charge in [0, 0.05) is 18.2 Å². The molecule has 7 heteroatoms. The molecule has 2 aromatic rings. The lowest BCUT2D eigenvalue weighted by atomic mass is 10.0. The molecule has 0 aliphatic carbocycles. The molecule has 1 aromatic carbocycles. The minimum Gasteiger partial charge on any atom is -0.387 e. The van der Waals surface area contributed by atoms with Crippen molar-refractivity contribution < 1.29 is 18.4 Å². The Morgan fingerprint density at radius 3 is 2.59 bits per heavy atom. The predicted octanol–water partition coefficient (Wildman–Crippen LogP) is 2.68. The van der Waals surface area contributed by atoms with E-state index in [2.05, 4.69) is 15.5 Å². The second-order valence-electron chi connectivity index (χ2n) is 5.49. The minimum absolute atomic E-state index is 0.0399. The second kappa shape index (κ2) is 6.93. The monoisotopic (exact) mass is 311 g/mol. The molecule has 1 heterocycles. The van der Waals surface area contributed by atoms with E-state index in [-0.39, 0.29) is 24.1 Å². The van der Waals surface area contributed by atoms with Gasteiger partial charge in [0.05, 0.1) is 12.1 Å². The van der Waals surface area contributed by atoms with Crippen LogP contribution in [0.1, 0.15) is 43.3 Å². The number of nitrogens with one attached hydrogen (secondary N) is 1. The molecule has 5 nitrogen and oxygen atoms in total. The molecule has 2 unspecified atom stereocenters. The van der Waals surface area contributed by atoms with E-state index in [1.807, 2.05) is 13.8 Å². The normalized spacial score (nSPS) is 14.3. The standard InChI is InChI=1S/C15H19F2N3O2/c1-8(2)14(15-19-9(3)20-22-15)18-7-13(21)11-5-4-10(16)6-12(11)17/h4-6,8,13-14,18,21H,7H2,1-3H3. The Morgan fingerprint density at radius 1 is 1.32 bits per heavy atom. The average Bonchev–Trinajstić information content (AvgIpc) is 2.84. The van der Waals surface area contributed by atoms with Crippen molar-refractivity contribution in [2.24, 2.45) is 5.92 Å². The first-order chi connectivity index (χ1) is 10.4. The molecular weight excluding hydrogens is 292 g/mol. The van der Waals surface area contributed by atoms with Gasteiger partial charge in [0.25, 0.3) is 0 Å². The van der Waals surface area contributed by atoms with E-state index < -0.39 is 17.7 Å². The van der Waals surface area contributed by atoms with Gasteiger partial charge >= 0.3 is 0 Å². The van der Waals surface area contributed by atoms with E-state index in [1.54, 1.807) is 6.92 Å². The lowest BCUT2D eigenvalue weighted by molar-refractivity contribution is 0.156. The number of nitrogens with zero attached hydrogens (tertiary/aromatic N) is 2. The maximum Gasteiger partial charge on any atom is 0.244 e. The lowest BCUT2D eigenvalue weighted by Crippen LogP contribution is -2.30. The topological polar surface area (TPSA) is 71.2 Å². The van der Waals surface area contributed by atoms with Crippen molar-refractivity contribution in [1.82, 2.24) is 15.5 Å². The lowest BCUT2D eigenvalue weighted by Gasteiger charge is -2.21. The molecule has 2 atom stereocenters. The van der Waals surface area contributed by atoms with Crippen molar-refractivity contribution in [3.8, 4) is 0 Å². The number of aromatic nitrogens is 2. The summed E-state index contributed by atoms with van der Waals surface area (Å²) in [5.74, 6) is -0.385. The Labute approximate surface area is 127 Å². The summed E-state index contributed by atoms with van der Waals surface area (Å²) in [6.07, 6.45) is -1.11. The van der Waals surface area contributed by atoms with Crippen molar-refractivity contribution in [3.05, 3.63) is 47.1 Å². The third-order valence-electron chi connectivity index (χ3n) is 3.33. The zero-order chi connectivity index (χ0) is 16.3. The molecule has 0 radical (unpaired) electrons. The molecule has 0 saturated heterocycles. The maximum absolute atomic E-state index is 13.6. The number of halogens is 2. The van der Waals surface area contributed by atoms with Gasteiger partial charge in [0.1, 0.15) is 11.6 Å². The molecule has 0 aliphatic rings. The number of rotatable bonds is 6. The molecule has 1 aromatic heterocycles. The highest BCUT2D eigenvalue weighted by Gasteiger charge is 2.23. The van der Waals surface area contributed by atoms with Crippen LogP contribution in [0.5, 0.6) is 0 Å². The van der Waals surface area contributed by atoms with Gasteiger partial charge < -0.3 is 14.9 Å². The third-order valence-corrected chi connectivity index (χ3v) is 3.33. The fourth-order valence-corrected chi connectivity index (χ4v) is 2.17. The molecule has 0 spiro atoms. The summed E-state index contributed by atoms with van der Waals surface area (Å²) >= 11 is 0. The van der Waals surface area contributed by atoms with Gasteiger partial charge in [-0.2, -0.15) is 4.98 Å². The Morgan fingerprint density at radius 2 is 2.05 bits per heavy atom. The van der Waals surface area contributed by atoms with Crippen molar-refractivity contribution in [3.63, 3.8) is 0 Å². The number of aliphatic hydroxyl groups is 1. The number of benzene rings is 1. The summed E-state index contributed by atoms with van der Waals surface area (Å²) in [5.41, 5.74) is 0.0399. The first-order valence-electron chi connectivity index (χ1n) is 7.05. The van der Waals surface area contributed by atoms with E-state index in [0.29, 0.717) is 11.7 Å². The first-order valence-corrected chi connectivity index (χ1v) is 7.05. The van der Waals surface area contributed by atoms with Crippen LogP contribution in [0.2, 0.25) is 0 Å². The zero-order valence-corrected chi connectivity index (χ0v) is 12.7. The molecule has 22 heavy (non-hydrogen) atoms. The minimum atomic E-state index is -1.11. The van der Waals surface area contributed by atoms with E-state index >= 15 is 0 Å². The summed E-state index contributed by atoms with van der Waals surface area (Å²) in [4.78, 5) is 4.17. The summed E-state index contributed by atoms with van der Waals surface area (Å²) in [5, 5.41) is 16.9. The number of aliphatic hydroxyl groups excluding tert-OH is 1. The van der Waals surface area contributed by atoms with Crippen molar-refractivity contribution in [2.75, 3.05) is 6.54 Å². The molecule has 0 fully saturated rings. The highest BCUT2D eigenvalue weighted by atomic mass is 19.1. The first kappa shape index (κ1) is 16.5. The molecule has 0 aliphatic heterocycles. The second-order valence-corrected chi connectivity index (χ2v) is 5.49. The van der Waals surface area contributed by atoms with Crippen LogP contribution in [0, 0.1) is 24.5 Å². The van der Waals surface area contributed by atoms with Crippen molar-refractivity contribution in [1.29, 1.82) is 0 Å². The molecular formula is C15H19F2N3O2. The van der Waals surface area contributed by atoms with E-state index in [4.69, 9.17) is 4.52 Å². The van der Waals surface area contributed by atoms with E-state index in [9.17, 15) is 13.9 Å². The summed E-state index contributed by atoms with van der Waals surface area (Å²) < 4.78 is 31.7. The van der Waals surface area contributed by atoms with Gasteiger partial charge in [-0.25, -0.2) is 8.78 Å². The van der Waals surface area contributed by atoms with Crippen LogP contribution in [0.3, 0.4) is 0 Å². The SMILES string of the molecule is Cc1noc(C(NCC(O)c2ccc(F)cc2F)C(C)C)n1. The van der Waals surface area contributed by atoms with Gasteiger partial charge in [-0.1, -0.05) is 25.1 Å². The fraction of sp³-hybridized carbons (Fsp3) is 0.467. The van der Waals surface area contributed by atoms with Crippen molar-refractivity contribution in [2.45, 2.75) is 32.9 Å². The molecule has 2 rings (SSSR count). The quantitative estimate of drug-likeness (QED) is 0.858. The molecule has 120 valence electrons.